The molecule has 0 aliphatic rings. The van der Waals surface area contributed by atoms with E-state index in [1.807, 2.05) is 60.8 Å². The Morgan fingerprint density at radius 3 is 2.12 bits per heavy atom. The van der Waals surface area contributed by atoms with E-state index in [2.05, 4.69) is 37.9 Å². The Morgan fingerprint density at radius 1 is 0.840 bits per heavy atom. The van der Waals surface area contributed by atoms with Crippen molar-refractivity contribution in [3.63, 3.8) is 0 Å². The first-order valence-corrected chi connectivity index (χ1v) is 8.37. The Kier molecular flexibility index (Phi) is 4.90. The Balaban J connectivity index is 1.99. The highest BCUT2D eigenvalue weighted by molar-refractivity contribution is 6.12. The summed E-state index contributed by atoms with van der Waals surface area (Å²) in [6.07, 6.45) is 1.86. The van der Waals surface area contributed by atoms with E-state index in [9.17, 15) is 4.79 Å². The van der Waals surface area contributed by atoms with E-state index in [0.29, 0.717) is 16.8 Å². The Hall–Kier alpha value is -3.00. The van der Waals surface area contributed by atoms with Gasteiger partial charge in [-0.2, -0.15) is 0 Å². The van der Waals surface area contributed by atoms with Crippen molar-refractivity contribution < 1.29 is 4.79 Å². The van der Waals surface area contributed by atoms with Crippen LogP contribution in [0.2, 0.25) is 0 Å². The molecule has 124 valence electrons. The van der Waals surface area contributed by atoms with Crippen LogP contribution >= 0.6 is 0 Å². The predicted molar refractivity (Wildman–Crippen MR) is 104 cm³/mol. The van der Waals surface area contributed by atoms with Crippen LogP contribution in [-0.4, -0.2) is 12.0 Å². The zero-order valence-electron chi connectivity index (χ0n) is 14.8. The van der Waals surface area contributed by atoms with Crippen molar-refractivity contribution in [3.8, 4) is 0 Å². The molecule has 0 saturated heterocycles. The molecule has 0 amide bonds. The normalized spacial score (nSPS) is 11.0. The number of benzene rings is 3. The number of aryl methyl sites for hydroxylation is 3. The van der Waals surface area contributed by atoms with Gasteiger partial charge in [-0.1, -0.05) is 60.2 Å². The second-order valence-corrected chi connectivity index (χ2v) is 6.28. The largest absolute Gasteiger partial charge is 0.289 e. The average molecular weight is 327 g/mol. The lowest BCUT2D eigenvalue weighted by Crippen LogP contribution is -2.01. The first-order valence-electron chi connectivity index (χ1n) is 8.37. The summed E-state index contributed by atoms with van der Waals surface area (Å²) in [5.41, 5.74) is 6.71. The molecule has 0 atom stereocenters. The molecule has 2 heteroatoms. The summed E-state index contributed by atoms with van der Waals surface area (Å²) in [5, 5.41) is 0. The summed E-state index contributed by atoms with van der Waals surface area (Å²) in [4.78, 5) is 17.4. The van der Waals surface area contributed by atoms with E-state index < -0.39 is 0 Å². The van der Waals surface area contributed by atoms with Gasteiger partial charge in [0.1, 0.15) is 0 Å². The number of aliphatic imine (C=N–C) groups is 1. The topological polar surface area (TPSA) is 29.4 Å². The molecule has 0 unspecified atom stereocenters. The molecule has 3 aromatic carbocycles. The van der Waals surface area contributed by atoms with Gasteiger partial charge in [0.25, 0.3) is 0 Å². The fourth-order valence-corrected chi connectivity index (χ4v) is 3.05. The lowest BCUT2D eigenvalue weighted by Gasteiger charge is -2.08. The molecule has 0 heterocycles. The second kappa shape index (κ2) is 7.27. The first-order chi connectivity index (χ1) is 12.1. The molecule has 0 aliphatic carbocycles. The molecule has 0 spiro atoms. The van der Waals surface area contributed by atoms with Crippen LogP contribution in [0.25, 0.3) is 0 Å². The van der Waals surface area contributed by atoms with Gasteiger partial charge >= 0.3 is 0 Å². The van der Waals surface area contributed by atoms with Gasteiger partial charge in [0.2, 0.25) is 0 Å². The third kappa shape index (κ3) is 3.74. The van der Waals surface area contributed by atoms with Crippen molar-refractivity contribution in [2.45, 2.75) is 20.8 Å². The third-order valence-corrected chi connectivity index (χ3v) is 4.26. The molecule has 0 fully saturated rings. The molecule has 3 aromatic rings. The number of ketones is 1. The summed E-state index contributed by atoms with van der Waals surface area (Å²) >= 11 is 0. The van der Waals surface area contributed by atoms with E-state index in [4.69, 9.17) is 0 Å². The second-order valence-electron chi connectivity index (χ2n) is 6.28. The summed E-state index contributed by atoms with van der Waals surface area (Å²) < 4.78 is 0. The van der Waals surface area contributed by atoms with Crippen molar-refractivity contribution in [1.29, 1.82) is 0 Å². The van der Waals surface area contributed by atoms with Crippen molar-refractivity contribution in [2.24, 2.45) is 4.99 Å². The first kappa shape index (κ1) is 16.8. The fraction of sp³-hybridized carbons (Fsp3) is 0.130. The molecule has 0 radical (unpaired) electrons. The van der Waals surface area contributed by atoms with Crippen molar-refractivity contribution >= 4 is 17.7 Å². The molecular weight excluding hydrogens is 306 g/mol. The highest BCUT2D eigenvalue weighted by atomic mass is 16.1. The standard InChI is InChI=1S/C23H21NO/c1-16-13-17(2)21(18(3)14-16)15-24-22-12-8-7-11-20(22)23(25)19-9-5-4-6-10-19/h4-15H,1-3H3. The van der Waals surface area contributed by atoms with Crippen LogP contribution < -0.4 is 0 Å². The monoisotopic (exact) mass is 327 g/mol. The number of rotatable bonds is 4. The molecule has 3 rings (SSSR count). The van der Waals surface area contributed by atoms with E-state index >= 15 is 0 Å². The zero-order valence-corrected chi connectivity index (χ0v) is 14.8. The van der Waals surface area contributed by atoms with Gasteiger partial charge in [-0.25, -0.2) is 0 Å². The summed E-state index contributed by atoms with van der Waals surface area (Å²) in [6.45, 7) is 6.26. The van der Waals surface area contributed by atoms with Crippen LogP contribution in [0, 0.1) is 20.8 Å². The molecule has 2 nitrogen and oxygen atoms in total. The van der Waals surface area contributed by atoms with Gasteiger partial charge in [-0.05, 0) is 49.6 Å². The Bertz CT molecular complexity index is 916. The number of hydrogen-bond acceptors (Lipinski definition) is 2. The smallest absolute Gasteiger partial charge is 0.195 e. The lowest BCUT2D eigenvalue weighted by molar-refractivity contribution is 0.103. The highest BCUT2D eigenvalue weighted by Crippen LogP contribution is 2.23. The molecule has 0 aromatic heterocycles. The molecular formula is C23H21NO. The maximum atomic E-state index is 12.8. The van der Waals surface area contributed by atoms with Gasteiger partial charge in [0.05, 0.1) is 5.69 Å². The molecule has 0 saturated carbocycles. The van der Waals surface area contributed by atoms with Crippen molar-refractivity contribution in [2.75, 3.05) is 0 Å². The van der Waals surface area contributed by atoms with Gasteiger partial charge in [0.15, 0.2) is 5.78 Å². The van der Waals surface area contributed by atoms with Crippen LogP contribution in [0.3, 0.4) is 0 Å². The quantitative estimate of drug-likeness (QED) is 0.453. The maximum Gasteiger partial charge on any atom is 0.195 e. The van der Waals surface area contributed by atoms with Crippen LogP contribution in [-0.2, 0) is 0 Å². The third-order valence-electron chi connectivity index (χ3n) is 4.26. The Morgan fingerprint density at radius 2 is 1.44 bits per heavy atom. The highest BCUT2D eigenvalue weighted by Gasteiger charge is 2.12. The minimum Gasteiger partial charge on any atom is -0.289 e. The number of nitrogens with zero attached hydrogens (tertiary/aromatic N) is 1. The SMILES string of the molecule is Cc1cc(C)c(C=Nc2ccccc2C(=O)c2ccccc2)c(C)c1. The van der Waals surface area contributed by atoms with Crippen LogP contribution in [0.1, 0.15) is 38.2 Å². The average Bonchev–Trinajstić information content (AvgIpc) is 2.61. The lowest BCUT2D eigenvalue weighted by atomic mass is 10.00. The van der Waals surface area contributed by atoms with Crippen LogP contribution in [0.5, 0.6) is 0 Å². The maximum absolute atomic E-state index is 12.8. The van der Waals surface area contributed by atoms with Crippen LogP contribution in [0.15, 0.2) is 71.7 Å². The number of para-hydroxylation sites is 1. The van der Waals surface area contributed by atoms with E-state index in [1.54, 1.807) is 0 Å². The summed E-state index contributed by atoms with van der Waals surface area (Å²) in [5.74, 6) is -0.00861. The molecule has 0 N–H and O–H groups in total. The number of hydrogen-bond donors (Lipinski definition) is 0. The van der Waals surface area contributed by atoms with E-state index in [0.717, 1.165) is 5.56 Å². The number of carbonyl (C=O) groups excluding carboxylic acids is 1. The number of carbonyl (C=O) groups is 1. The minimum atomic E-state index is -0.00861. The van der Waals surface area contributed by atoms with E-state index in [-0.39, 0.29) is 5.78 Å². The van der Waals surface area contributed by atoms with E-state index in [1.165, 1.54) is 16.7 Å². The minimum absolute atomic E-state index is 0.00861. The molecule has 0 bridgehead atoms. The van der Waals surface area contributed by atoms with Gasteiger partial charge < -0.3 is 0 Å². The van der Waals surface area contributed by atoms with Crippen molar-refractivity contribution in [3.05, 3.63) is 100 Å². The van der Waals surface area contributed by atoms with Crippen LogP contribution in [0.4, 0.5) is 5.69 Å². The van der Waals surface area contributed by atoms with Gasteiger partial charge in [-0.15, -0.1) is 0 Å². The van der Waals surface area contributed by atoms with Crippen molar-refractivity contribution in [1.82, 2.24) is 0 Å². The summed E-state index contributed by atoms with van der Waals surface area (Å²) in [7, 11) is 0. The molecule has 25 heavy (non-hydrogen) atoms. The summed E-state index contributed by atoms with van der Waals surface area (Å²) in [6, 6.07) is 21.1. The van der Waals surface area contributed by atoms with Gasteiger partial charge in [0, 0.05) is 17.3 Å². The predicted octanol–water partition coefficient (Wildman–Crippen LogP) is 5.59. The Labute approximate surface area is 148 Å². The zero-order chi connectivity index (χ0) is 17.8. The van der Waals surface area contributed by atoms with Gasteiger partial charge in [-0.3, -0.25) is 9.79 Å². The fourth-order valence-electron chi connectivity index (χ4n) is 3.05. The molecule has 0 aliphatic heterocycles.